The van der Waals surface area contributed by atoms with Crippen LogP contribution in [-0.4, -0.2) is 95.7 Å². The number of carbonyl (C=O) groups excluding carboxylic acids is 2. The van der Waals surface area contributed by atoms with Crippen LogP contribution >= 0.6 is 0 Å². The van der Waals surface area contributed by atoms with Gasteiger partial charge in [-0.3, -0.25) is 9.59 Å². The average molecular weight is 444 g/mol. The fourth-order valence-corrected chi connectivity index (χ4v) is 4.23. The molecule has 0 saturated carbocycles. The summed E-state index contributed by atoms with van der Waals surface area (Å²) >= 11 is 0. The van der Waals surface area contributed by atoms with Gasteiger partial charge in [0.05, 0.1) is 0 Å². The van der Waals surface area contributed by atoms with E-state index in [0.29, 0.717) is 64.5 Å². The number of methoxy groups -OCH3 is 2. The highest BCUT2D eigenvalue weighted by Crippen LogP contribution is 2.23. The summed E-state index contributed by atoms with van der Waals surface area (Å²) in [6.07, 6.45) is 0.500. The number of nitrogens with zero attached hydrogens (tertiary/aromatic N) is 2. The summed E-state index contributed by atoms with van der Waals surface area (Å²) in [6.45, 7) is 0.822. The van der Waals surface area contributed by atoms with Crippen LogP contribution in [0.25, 0.3) is 0 Å². The predicted octanol–water partition coefficient (Wildman–Crippen LogP) is 1.30. The molecule has 2 amide bonds. The van der Waals surface area contributed by atoms with E-state index in [9.17, 15) is 24.3 Å². The molecule has 0 bridgehead atoms. The number of carboxylic acid groups (broad SMARTS) is 2. The number of hydrogen-bond acceptors (Lipinski definition) is 7. The Hall–Kier alpha value is -2.40. The first-order chi connectivity index (χ1) is 14.8. The van der Waals surface area contributed by atoms with E-state index < -0.39 is 36.6 Å². The van der Waals surface area contributed by atoms with E-state index in [1.165, 1.54) is 24.0 Å². The summed E-state index contributed by atoms with van der Waals surface area (Å²) in [5.74, 6) is -1.64. The minimum absolute atomic E-state index is 0.313. The van der Waals surface area contributed by atoms with Gasteiger partial charge in [0.1, 0.15) is 18.2 Å². The zero-order valence-electron chi connectivity index (χ0n) is 18.0. The average Bonchev–Trinajstić information content (AvgIpc) is 3.39. The molecule has 2 unspecified atom stereocenters. The molecule has 2 heterocycles. The summed E-state index contributed by atoms with van der Waals surface area (Å²) in [5.41, 5.74) is 0. The second-order valence-electron chi connectivity index (χ2n) is 7.77. The molecule has 0 aromatic carbocycles. The Kier molecular flexibility index (Phi) is 9.50. The topological polar surface area (TPSA) is 143 Å². The van der Waals surface area contributed by atoms with E-state index in [1.807, 2.05) is 0 Å². The molecular weight excluding hydrogens is 412 g/mol. The van der Waals surface area contributed by atoms with E-state index in [1.54, 1.807) is 0 Å². The van der Waals surface area contributed by atoms with Crippen LogP contribution in [0.1, 0.15) is 51.4 Å². The van der Waals surface area contributed by atoms with E-state index >= 15 is 0 Å². The Balaban J connectivity index is 1.82. The van der Waals surface area contributed by atoms with Crippen molar-refractivity contribution in [2.75, 3.05) is 27.3 Å². The van der Waals surface area contributed by atoms with Crippen LogP contribution in [0.15, 0.2) is 0 Å². The standard InChI is InChI=1S/C20H32N2O9/c1-29-14(17(23)21-11-5-7-13(21)19(25)26)8-3-4-9-15(30-2)18(24)22-12-6-10-16(22)31-20(27)28/h13-16H,3-12H2,1-2H3,(H,25,26)(H,27,28)/t13-,14?,15?,16-/m1/s1. The van der Waals surface area contributed by atoms with Crippen molar-refractivity contribution in [3.05, 3.63) is 0 Å². The Morgan fingerprint density at radius 3 is 1.90 bits per heavy atom. The van der Waals surface area contributed by atoms with Gasteiger partial charge in [-0.15, -0.1) is 0 Å². The molecule has 2 saturated heterocycles. The molecule has 0 radical (unpaired) electrons. The van der Waals surface area contributed by atoms with Crippen molar-refractivity contribution in [2.24, 2.45) is 0 Å². The van der Waals surface area contributed by atoms with Crippen LogP contribution in [0.2, 0.25) is 0 Å². The van der Waals surface area contributed by atoms with Crippen LogP contribution < -0.4 is 0 Å². The predicted molar refractivity (Wildman–Crippen MR) is 106 cm³/mol. The van der Waals surface area contributed by atoms with Gasteiger partial charge in [0.2, 0.25) is 0 Å². The van der Waals surface area contributed by atoms with Crippen molar-refractivity contribution in [1.29, 1.82) is 0 Å². The van der Waals surface area contributed by atoms with Crippen LogP contribution in [-0.2, 0) is 28.6 Å². The number of likely N-dealkylation sites (tertiary alicyclic amines) is 2. The van der Waals surface area contributed by atoms with Crippen molar-refractivity contribution in [3.63, 3.8) is 0 Å². The van der Waals surface area contributed by atoms with Crippen LogP contribution in [0.3, 0.4) is 0 Å². The van der Waals surface area contributed by atoms with Crippen LogP contribution in [0, 0.1) is 0 Å². The molecule has 2 rings (SSSR count). The lowest BCUT2D eigenvalue weighted by Gasteiger charge is -2.27. The molecule has 11 nitrogen and oxygen atoms in total. The van der Waals surface area contributed by atoms with Gasteiger partial charge < -0.3 is 34.2 Å². The molecule has 0 aromatic rings. The Morgan fingerprint density at radius 2 is 1.39 bits per heavy atom. The minimum atomic E-state index is -1.42. The first-order valence-electron chi connectivity index (χ1n) is 10.6. The lowest BCUT2D eigenvalue weighted by molar-refractivity contribution is -0.153. The van der Waals surface area contributed by atoms with Crippen molar-refractivity contribution in [3.8, 4) is 0 Å². The summed E-state index contributed by atoms with van der Waals surface area (Å²) in [7, 11) is 2.85. The van der Waals surface area contributed by atoms with Gasteiger partial charge in [-0.1, -0.05) is 12.8 Å². The largest absolute Gasteiger partial charge is 0.507 e. The molecule has 176 valence electrons. The molecule has 31 heavy (non-hydrogen) atoms. The lowest BCUT2D eigenvalue weighted by Crippen LogP contribution is -2.46. The van der Waals surface area contributed by atoms with Crippen molar-refractivity contribution < 1.29 is 43.6 Å². The van der Waals surface area contributed by atoms with Crippen LogP contribution in [0.5, 0.6) is 0 Å². The fourth-order valence-electron chi connectivity index (χ4n) is 4.23. The number of carboxylic acids is 1. The molecule has 11 heteroatoms. The lowest BCUT2D eigenvalue weighted by atomic mass is 10.1. The smallest absolute Gasteiger partial charge is 0.480 e. The number of aliphatic carboxylic acids is 1. The molecule has 0 spiro atoms. The molecule has 0 aliphatic carbocycles. The van der Waals surface area contributed by atoms with E-state index in [4.69, 9.17) is 19.3 Å². The summed E-state index contributed by atoms with van der Waals surface area (Å²) in [4.78, 5) is 50.3. The van der Waals surface area contributed by atoms with E-state index in [2.05, 4.69) is 0 Å². The Morgan fingerprint density at radius 1 is 0.871 bits per heavy atom. The normalized spacial score (nSPS) is 22.9. The van der Waals surface area contributed by atoms with Crippen LogP contribution in [0.4, 0.5) is 4.79 Å². The van der Waals surface area contributed by atoms with Gasteiger partial charge in [0, 0.05) is 33.7 Å². The fraction of sp³-hybridized carbons (Fsp3) is 0.800. The van der Waals surface area contributed by atoms with E-state index in [0.717, 1.165) is 0 Å². The van der Waals surface area contributed by atoms with Gasteiger partial charge in [-0.2, -0.15) is 0 Å². The zero-order valence-corrected chi connectivity index (χ0v) is 18.0. The highest BCUT2D eigenvalue weighted by molar-refractivity contribution is 5.87. The van der Waals surface area contributed by atoms with Crippen molar-refractivity contribution in [2.45, 2.75) is 75.8 Å². The van der Waals surface area contributed by atoms with Gasteiger partial charge in [0.15, 0.2) is 6.23 Å². The monoisotopic (exact) mass is 444 g/mol. The number of hydrogen-bond donors (Lipinski definition) is 2. The quantitative estimate of drug-likeness (QED) is 0.356. The molecule has 4 atom stereocenters. The highest BCUT2D eigenvalue weighted by Gasteiger charge is 2.37. The number of carbonyl (C=O) groups is 4. The number of unbranched alkanes of at least 4 members (excludes halogenated alkanes) is 1. The third kappa shape index (κ3) is 6.54. The third-order valence-corrected chi connectivity index (χ3v) is 5.84. The minimum Gasteiger partial charge on any atom is -0.480 e. The van der Waals surface area contributed by atoms with Crippen molar-refractivity contribution >= 4 is 23.9 Å². The summed E-state index contributed by atoms with van der Waals surface area (Å²) in [6, 6.07) is -0.804. The SMILES string of the molecule is COC(CCCCC(OC)C(=O)N1CCC[C@H]1OC(=O)O)C(=O)N1CCC[C@@H]1C(=O)O. The molecule has 2 aliphatic heterocycles. The molecule has 2 N–H and O–H groups in total. The second-order valence-corrected chi connectivity index (χ2v) is 7.77. The Labute approximate surface area is 181 Å². The number of ether oxygens (including phenoxy) is 3. The first kappa shape index (κ1) is 24.9. The molecular formula is C20H32N2O9. The van der Waals surface area contributed by atoms with Gasteiger partial charge in [-0.25, -0.2) is 9.59 Å². The molecule has 0 aromatic heterocycles. The molecule has 2 aliphatic rings. The highest BCUT2D eigenvalue weighted by atomic mass is 16.7. The summed E-state index contributed by atoms with van der Waals surface area (Å²) in [5, 5.41) is 18.1. The van der Waals surface area contributed by atoms with Gasteiger partial charge in [-0.05, 0) is 32.1 Å². The summed E-state index contributed by atoms with van der Waals surface area (Å²) < 4.78 is 15.4. The maximum atomic E-state index is 12.7. The van der Waals surface area contributed by atoms with Gasteiger partial charge in [0.25, 0.3) is 11.8 Å². The Bertz CT molecular complexity index is 657. The number of rotatable bonds is 11. The van der Waals surface area contributed by atoms with Gasteiger partial charge >= 0.3 is 12.1 Å². The maximum absolute atomic E-state index is 12.7. The zero-order chi connectivity index (χ0) is 23.0. The van der Waals surface area contributed by atoms with E-state index in [-0.39, 0.29) is 11.8 Å². The third-order valence-electron chi connectivity index (χ3n) is 5.84. The number of amides is 2. The molecule has 2 fully saturated rings. The second kappa shape index (κ2) is 11.8. The maximum Gasteiger partial charge on any atom is 0.507 e. The first-order valence-corrected chi connectivity index (χ1v) is 10.6. The van der Waals surface area contributed by atoms with Crippen molar-refractivity contribution in [1.82, 2.24) is 9.80 Å².